The molecule has 9 heteroatoms. The Morgan fingerprint density at radius 2 is 1.28 bits per heavy atom. The van der Waals surface area contributed by atoms with Gasteiger partial charge in [-0.1, -0.05) is 71.8 Å². The first-order valence-corrected chi connectivity index (χ1v) is 8.01. The fourth-order valence-corrected chi connectivity index (χ4v) is 2.68. The van der Waals surface area contributed by atoms with E-state index < -0.39 is 27.6 Å². The summed E-state index contributed by atoms with van der Waals surface area (Å²) in [6.45, 7) is 0. The molecular weight excluding hydrogens is 533 g/mol. The van der Waals surface area contributed by atoms with E-state index in [4.69, 9.17) is 5.73 Å². The van der Waals surface area contributed by atoms with E-state index in [0.717, 1.165) is 0 Å². The molecule has 0 heterocycles. The summed E-state index contributed by atoms with van der Waals surface area (Å²) in [5.41, 5.74) is 3.28. The Hall–Kier alpha value is -1.25. The van der Waals surface area contributed by atoms with Crippen LogP contribution in [0.4, 0.5) is 13.2 Å². The molecule has 2 aromatic rings. The number of hydrogen-bond acceptors (Lipinski definition) is 2. The summed E-state index contributed by atoms with van der Waals surface area (Å²) in [5.74, 6) is 0. The number of sulfonamides is 1. The summed E-state index contributed by atoms with van der Waals surface area (Å²) in [6, 6.07) is 12.9. The summed E-state index contributed by atoms with van der Waals surface area (Å²) in [6.07, 6.45) is 0. The minimum absolute atomic E-state index is 0. The van der Waals surface area contributed by atoms with E-state index in [1.807, 2.05) is 0 Å². The van der Waals surface area contributed by atoms with Crippen LogP contribution < -0.4 is 0 Å². The Balaban J connectivity index is 0.00000288. The average Bonchev–Trinajstić information content (AvgIpc) is 2.52. The van der Waals surface area contributed by atoms with E-state index in [1.165, 1.54) is 12.1 Å². The molecule has 25 heavy (non-hydrogen) atoms. The van der Waals surface area contributed by atoms with Crippen molar-refractivity contribution in [1.82, 2.24) is 0 Å². The Kier molecular flexibility index (Phi) is 8.98. The van der Waals surface area contributed by atoms with Crippen LogP contribution in [-0.2, 0) is 30.1 Å². The number of nitrogens with zero attached hydrogens (tertiary/aromatic N) is 1. The van der Waals surface area contributed by atoms with Gasteiger partial charge in [0.25, 0.3) is 0 Å². The molecule has 0 amide bonds. The van der Waals surface area contributed by atoms with Crippen molar-refractivity contribution < 1.29 is 41.7 Å². The molecule has 0 saturated heterocycles. The third-order valence-corrected chi connectivity index (χ3v) is 4.25. The van der Waals surface area contributed by atoms with Gasteiger partial charge in [0.15, 0.2) is 10.0 Å². The normalized spacial score (nSPS) is 13.9. The molecule has 0 aliphatic heterocycles. The molecule has 0 radical (unpaired) electrons. The van der Waals surface area contributed by atoms with Crippen LogP contribution in [0.25, 0.3) is 10.5 Å². The quantitative estimate of drug-likeness (QED) is 0.482. The van der Waals surface area contributed by atoms with Crippen molar-refractivity contribution in [2.45, 2.75) is 17.6 Å². The zero-order valence-corrected chi connectivity index (χ0v) is 16.3. The van der Waals surface area contributed by atoms with Crippen molar-refractivity contribution in [3.63, 3.8) is 0 Å². The van der Waals surface area contributed by atoms with E-state index in [9.17, 15) is 21.6 Å². The third-order valence-electron chi connectivity index (χ3n) is 3.16. The van der Waals surface area contributed by atoms with Gasteiger partial charge < -0.3 is 17.9 Å². The standard InChI is InChI=1S/C15H13F3N2O2S.CH3.Ir/c16-15(17,18)23(21,22)20-14(12-9-5-2-6-10-12)13(19)11-7-3-1-4-8-11;;/h1-10,13-14,19H;1H3;/q-2;-1;+3/t13-,14-;;/m1../s1. The molecule has 138 valence electrons. The molecule has 0 saturated carbocycles. The number of hydrogen-bond donors (Lipinski definition) is 0. The predicted octanol–water partition coefficient (Wildman–Crippen LogP) is 5.19. The Morgan fingerprint density at radius 3 is 1.68 bits per heavy atom. The maximum absolute atomic E-state index is 12.6. The molecule has 0 unspecified atom stereocenters. The van der Waals surface area contributed by atoms with Crippen LogP contribution in [0.5, 0.6) is 0 Å². The Morgan fingerprint density at radius 1 is 0.880 bits per heavy atom. The molecule has 1 N–H and O–H groups in total. The first kappa shape index (κ1) is 23.7. The predicted molar refractivity (Wildman–Crippen MR) is 87.4 cm³/mol. The molecule has 2 atom stereocenters. The third kappa shape index (κ3) is 5.90. The van der Waals surface area contributed by atoms with Gasteiger partial charge in [-0.3, -0.25) is 0 Å². The SMILES string of the molecule is [CH3-].[Ir+3].[NH-][C@H](c1ccccc1)[C@H]([N-]S(=O)(=O)C(F)(F)F)c1ccccc1. The van der Waals surface area contributed by atoms with Crippen LogP contribution in [0.3, 0.4) is 0 Å². The zero-order valence-electron chi connectivity index (χ0n) is 13.1. The summed E-state index contributed by atoms with van der Waals surface area (Å²) < 4.78 is 63.7. The second-order valence-corrected chi connectivity index (χ2v) is 6.39. The molecule has 0 bridgehead atoms. The van der Waals surface area contributed by atoms with Crippen LogP contribution in [-0.4, -0.2) is 13.9 Å². The largest absolute Gasteiger partial charge is 3.00 e. The topological polar surface area (TPSA) is 72.0 Å². The maximum atomic E-state index is 12.6. The fourth-order valence-electron chi connectivity index (χ4n) is 2.02. The molecule has 4 nitrogen and oxygen atoms in total. The monoisotopic (exact) mass is 550 g/mol. The summed E-state index contributed by atoms with van der Waals surface area (Å²) in [4.78, 5) is 0. The van der Waals surface area contributed by atoms with E-state index in [1.54, 1.807) is 48.5 Å². The van der Waals surface area contributed by atoms with Crippen LogP contribution in [0.15, 0.2) is 60.7 Å². The number of rotatable bonds is 5. The molecule has 2 aromatic carbocycles. The Labute approximate surface area is 159 Å². The molecule has 0 aromatic heterocycles. The van der Waals surface area contributed by atoms with Gasteiger partial charge in [0.1, 0.15) is 0 Å². The average molecular weight is 550 g/mol. The smallest absolute Gasteiger partial charge is 0.672 e. The van der Waals surface area contributed by atoms with Gasteiger partial charge in [-0.15, -0.1) is 12.1 Å². The minimum atomic E-state index is -5.69. The van der Waals surface area contributed by atoms with E-state index >= 15 is 0 Å². The van der Waals surface area contributed by atoms with Gasteiger partial charge in [0.2, 0.25) is 0 Å². The van der Waals surface area contributed by atoms with Gasteiger partial charge in [-0.05, 0) is 0 Å². The van der Waals surface area contributed by atoms with Crippen molar-refractivity contribution in [2.24, 2.45) is 0 Å². The van der Waals surface area contributed by atoms with Crippen molar-refractivity contribution in [2.75, 3.05) is 0 Å². The minimum Gasteiger partial charge on any atom is -0.672 e. The van der Waals surface area contributed by atoms with E-state index in [-0.39, 0.29) is 33.1 Å². The number of benzene rings is 2. The maximum Gasteiger partial charge on any atom is 3.00 e. The zero-order chi connectivity index (χ0) is 17.1. The fraction of sp³-hybridized carbons (Fsp3) is 0.188. The second kappa shape index (κ2) is 9.45. The molecule has 0 spiro atoms. The summed E-state index contributed by atoms with van der Waals surface area (Å²) in [5, 5.41) is 0. The second-order valence-electron chi connectivity index (χ2n) is 4.77. The number of halogens is 3. The van der Waals surface area contributed by atoms with E-state index in [2.05, 4.69) is 4.72 Å². The van der Waals surface area contributed by atoms with Crippen LogP contribution in [0, 0.1) is 7.43 Å². The molecule has 0 aliphatic carbocycles. The van der Waals surface area contributed by atoms with Crippen LogP contribution in [0.2, 0.25) is 0 Å². The number of nitrogens with one attached hydrogen (secondary N) is 1. The van der Waals surface area contributed by atoms with Gasteiger partial charge in [-0.2, -0.15) is 13.2 Å². The van der Waals surface area contributed by atoms with Crippen LogP contribution in [0.1, 0.15) is 23.2 Å². The van der Waals surface area contributed by atoms with Gasteiger partial charge >= 0.3 is 25.6 Å². The van der Waals surface area contributed by atoms with Crippen molar-refractivity contribution >= 4 is 10.0 Å². The van der Waals surface area contributed by atoms with Gasteiger partial charge in [0, 0.05) is 0 Å². The van der Waals surface area contributed by atoms with Gasteiger partial charge in [-0.25, -0.2) is 8.42 Å². The van der Waals surface area contributed by atoms with E-state index in [0.29, 0.717) is 5.56 Å². The summed E-state index contributed by atoms with van der Waals surface area (Å²) in [7, 11) is -5.69. The van der Waals surface area contributed by atoms with Crippen LogP contribution >= 0.6 is 0 Å². The Bertz CT molecular complexity index is 741. The van der Waals surface area contributed by atoms with Gasteiger partial charge in [0.05, 0.1) is 0 Å². The first-order chi connectivity index (χ1) is 10.7. The first-order valence-electron chi connectivity index (χ1n) is 6.57. The molecule has 0 aliphatic rings. The molecular formula is C16H16F3IrN2O2S. The molecule has 2 rings (SSSR count). The molecule has 0 fully saturated rings. The van der Waals surface area contributed by atoms with Crippen molar-refractivity contribution in [1.29, 1.82) is 0 Å². The van der Waals surface area contributed by atoms with Crippen molar-refractivity contribution in [3.05, 3.63) is 89.7 Å². The summed E-state index contributed by atoms with van der Waals surface area (Å²) >= 11 is 0. The number of alkyl halides is 3. The van der Waals surface area contributed by atoms with Crippen molar-refractivity contribution in [3.8, 4) is 0 Å².